The molecule has 7 nitrogen and oxygen atoms in total. The van der Waals surface area contributed by atoms with Crippen molar-refractivity contribution >= 4 is 10.9 Å². The molecule has 0 spiro atoms. The Labute approximate surface area is 206 Å². The number of hydrogen-bond donors (Lipinski definition) is 1. The molecular weight excluding hydrogens is 436 g/mol. The summed E-state index contributed by atoms with van der Waals surface area (Å²) in [6.45, 7) is 7.68. The minimum Gasteiger partial charge on any atom is -0.321 e. The minimum atomic E-state index is -0.0128. The van der Waals surface area contributed by atoms with Crippen LogP contribution in [0.15, 0.2) is 59.4 Å². The summed E-state index contributed by atoms with van der Waals surface area (Å²) in [5, 5.41) is 14.0. The van der Waals surface area contributed by atoms with E-state index in [0.29, 0.717) is 19.1 Å². The lowest BCUT2D eigenvalue weighted by Crippen LogP contribution is -2.41. The van der Waals surface area contributed by atoms with Gasteiger partial charge >= 0.3 is 0 Å². The molecule has 35 heavy (non-hydrogen) atoms. The summed E-state index contributed by atoms with van der Waals surface area (Å²) in [5.74, 6) is 1.14. The van der Waals surface area contributed by atoms with Gasteiger partial charge in [0.1, 0.15) is 0 Å². The third-order valence-electron chi connectivity index (χ3n) is 7.30. The second-order valence-corrected chi connectivity index (χ2v) is 10.1. The van der Waals surface area contributed by atoms with Gasteiger partial charge in [-0.1, -0.05) is 75.2 Å². The molecule has 2 aromatic heterocycles. The molecule has 0 bridgehead atoms. The second-order valence-electron chi connectivity index (χ2n) is 10.1. The fourth-order valence-corrected chi connectivity index (χ4v) is 5.55. The maximum atomic E-state index is 13.2. The van der Waals surface area contributed by atoms with Crippen molar-refractivity contribution in [3.8, 4) is 0 Å². The smallest absolute Gasteiger partial charge is 0.252 e. The quantitative estimate of drug-likeness (QED) is 0.391. The van der Waals surface area contributed by atoms with E-state index in [-0.39, 0.29) is 17.5 Å². The lowest BCUT2D eigenvalue weighted by atomic mass is 9.97. The third-order valence-corrected chi connectivity index (χ3v) is 7.30. The summed E-state index contributed by atoms with van der Waals surface area (Å²) >= 11 is 0. The van der Waals surface area contributed by atoms with Gasteiger partial charge < -0.3 is 4.98 Å². The predicted molar refractivity (Wildman–Crippen MR) is 138 cm³/mol. The number of fused-ring (bicyclic) bond motifs is 1. The molecule has 0 aliphatic heterocycles. The van der Waals surface area contributed by atoms with Gasteiger partial charge in [-0.3, -0.25) is 9.69 Å². The number of para-hydroxylation sites is 1. The van der Waals surface area contributed by atoms with Crippen molar-refractivity contribution < 1.29 is 0 Å². The summed E-state index contributed by atoms with van der Waals surface area (Å²) in [7, 11) is 0. The number of aromatic nitrogens is 5. The molecule has 1 unspecified atom stereocenters. The number of tetrazole rings is 1. The monoisotopic (exact) mass is 470 g/mol. The van der Waals surface area contributed by atoms with Crippen LogP contribution in [0.4, 0.5) is 0 Å². The molecule has 2 heterocycles. The predicted octanol–water partition coefficient (Wildman–Crippen LogP) is 5.01. The van der Waals surface area contributed by atoms with E-state index in [0.717, 1.165) is 46.3 Å². The molecule has 5 rings (SSSR count). The van der Waals surface area contributed by atoms with Gasteiger partial charge in [0, 0.05) is 18.2 Å². The number of H-pyrrole nitrogens is 1. The van der Waals surface area contributed by atoms with Crippen LogP contribution in [0.3, 0.4) is 0 Å². The topological polar surface area (TPSA) is 79.7 Å². The minimum absolute atomic E-state index is 0.00409. The van der Waals surface area contributed by atoms with E-state index in [4.69, 9.17) is 0 Å². The van der Waals surface area contributed by atoms with Crippen molar-refractivity contribution in [2.45, 2.75) is 71.6 Å². The van der Waals surface area contributed by atoms with Crippen LogP contribution in [0.2, 0.25) is 0 Å². The molecule has 0 saturated heterocycles. The van der Waals surface area contributed by atoms with Crippen LogP contribution >= 0.6 is 0 Å². The molecule has 1 N–H and O–H groups in total. The molecule has 0 radical (unpaired) electrons. The first-order valence-electron chi connectivity index (χ1n) is 12.7. The SMILES string of the molecule is Cc1cccc2cc(CN(C3CCCC3)C(c3nnnn3Cc3ccccc3)C(C)C)c(=O)[nH]c12. The molecule has 1 fully saturated rings. The number of nitrogens with zero attached hydrogens (tertiary/aromatic N) is 5. The Bertz CT molecular complexity index is 1340. The van der Waals surface area contributed by atoms with E-state index in [9.17, 15) is 4.79 Å². The maximum absolute atomic E-state index is 13.2. The van der Waals surface area contributed by atoms with Gasteiger partial charge in [0.25, 0.3) is 5.56 Å². The van der Waals surface area contributed by atoms with Crippen LogP contribution < -0.4 is 5.56 Å². The van der Waals surface area contributed by atoms with E-state index >= 15 is 0 Å². The Morgan fingerprint density at radius 3 is 2.60 bits per heavy atom. The number of pyridine rings is 1. The third kappa shape index (κ3) is 4.91. The first-order valence-corrected chi connectivity index (χ1v) is 12.7. The van der Waals surface area contributed by atoms with Crippen LogP contribution in [0.25, 0.3) is 10.9 Å². The number of nitrogens with one attached hydrogen (secondary N) is 1. The number of hydrogen-bond acceptors (Lipinski definition) is 5. The lowest BCUT2D eigenvalue weighted by Gasteiger charge is -2.38. The summed E-state index contributed by atoms with van der Waals surface area (Å²) < 4.78 is 1.93. The molecule has 1 aliphatic carbocycles. The largest absolute Gasteiger partial charge is 0.321 e. The van der Waals surface area contributed by atoms with Crippen molar-refractivity contribution in [1.29, 1.82) is 0 Å². The molecule has 1 atom stereocenters. The van der Waals surface area contributed by atoms with Crippen LogP contribution in [0.1, 0.15) is 68.1 Å². The first-order chi connectivity index (χ1) is 17.0. The average molecular weight is 471 g/mol. The Balaban J connectivity index is 1.53. The van der Waals surface area contributed by atoms with E-state index in [1.54, 1.807) is 0 Å². The molecule has 182 valence electrons. The van der Waals surface area contributed by atoms with Crippen LogP contribution in [-0.4, -0.2) is 36.1 Å². The van der Waals surface area contributed by atoms with Crippen molar-refractivity contribution in [1.82, 2.24) is 30.1 Å². The van der Waals surface area contributed by atoms with Gasteiger partial charge in [0.15, 0.2) is 5.82 Å². The molecular formula is C28H34N6O. The molecule has 0 amide bonds. The number of benzene rings is 2. The van der Waals surface area contributed by atoms with Crippen molar-refractivity contribution in [2.24, 2.45) is 5.92 Å². The summed E-state index contributed by atoms with van der Waals surface area (Å²) in [6.07, 6.45) is 4.70. The highest BCUT2D eigenvalue weighted by atomic mass is 16.1. The summed E-state index contributed by atoms with van der Waals surface area (Å²) in [6, 6.07) is 18.9. The Morgan fingerprint density at radius 1 is 1.09 bits per heavy atom. The van der Waals surface area contributed by atoms with E-state index < -0.39 is 0 Å². The highest BCUT2D eigenvalue weighted by Gasteiger charge is 2.35. The zero-order valence-electron chi connectivity index (χ0n) is 20.8. The standard InChI is InChI=1S/C28H34N6O/c1-19(2)26(27-30-31-32-34(27)17-21-11-5-4-6-12-21)33(24-14-7-8-15-24)18-23-16-22-13-9-10-20(3)25(22)29-28(23)35/h4-6,9-13,16,19,24,26H,7-8,14-15,17-18H2,1-3H3,(H,29,35). The summed E-state index contributed by atoms with van der Waals surface area (Å²) in [4.78, 5) is 18.8. The Morgan fingerprint density at radius 2 is 1.86 bits per heavy atom. The van der Waals surface area contributed by atoms with Crippen molar-refractivity contribution in [3.63, 3.8) is 0 Å². The average Bonchev–Trinajstić information content (AvgIpc) is 3.53. The number of rotatable bonds is 8. The van der Waals surface area contributed by atoms with E-state index in [2.05, 4.69) is 63.5 Å². The Hall–Kier alpha value is -3.32. The van der Waals surface area contributed by atoms with Gasteiger partial charge in [-0.2, -0.15) is 0 Å². The van der Waals surface area contributed by atoms with Crippen LogP contribution in [0, 0.1) is 12.8 Å². The normalized spacial score (nSPS) is 15.5. The van der Waals surface area contributed by atoms with Crippen LogP contribution in [0.5, 0.6) is 0 Å². The van der Waals surface area contributed by atoms with Gasteiger partial charge in [0.2, 0.25) is 0 Å². The number of aryl methyl sites for hydroxylation is 1. The molecule has 1 aliphatic rings. The van der Waals surface area contributed by atoms with Crippen molar-refractivity contribution in [2.75, 3.05) is 0 Å². The molecule has 2 aromatic carbocycles. The lowest BCUT2D eigenvalue weighted by molar-refractivity contribution is 0.0844. The van der Waals surface area contributed by atoms with Gasteiger partial charge in [-0.05, 0) is 58.7 Å². The highest BCUT2D eigenvalue weighted by molar-refractivity contribution is 5.81. The van der Waals surface area contributed by atoms with Crippen molar-refractivity contribution in [3.05, 3.63) is 87.5 Å². The maximum Gasteiger partial charge on any atom is 0.252 e. The fraction of sp³-hybridized carbons (Fsp3) is 0.429. The first kappa shape index (κ1) is 23.4. The fourth-order valence-electron chi connectivity index (χ4n) is 5.55. The van der Waals surface area contributed by atoms with E-state index in [1.807, 2.05) is 41.9 Å². The van der Waals surface area contributed by atoms with Crippen LogP contribution in [-0.2, 0) is 13.1 Å². The number of aromatic amines is 1. The zero-order valence-corrected chi connectivity index (χ0v) is 20.8. The molecule has 1 saturated carbocycles. The molecule has 4 aromatic rings. The zero-order chi connectivity index (χ0) is 24.4. The Kier molecular flexibility index (Phi) is 6.77. The van der Waals surface area contributed by atoms with Gasteiger partial charge in [-0.15, -0.1) is 5.10 Å². The second kappa shape index (κ2) is 10.1. The van der Waals surface area contributed by atoms with Gasteiger partial charge in [-0.25, -0.2) is 4.68 Å². The molecule has 7 heteroatoms. The summed E-state index contributed by atoms with van der Waals surface area (Å²) in [5.41, 5.74) is 3.95. The van der Waals surface area contributed by atoms with Gasteiger partial charge in [0.05, 0.1) is 18.1 Å². The van der Waals surface area contributed by atoms with E-state index in [1.165, 1.54) is 12.8 Å². The highest BCUT2D eigenvalue weighted by Crippen LogP contribution is 2.36.